The van der Waals surface area contributed by atoms with Crippen molar-refractivity contribution in [2.45, 2.75) is 26.2 Å². The lowest BCUT2D eigenvalue weighted by Gasteiger charge is -2.31. The Morgan fingerprint density at radius 1 is 1.40 bits per heavy atom. The SMILES string of the molecule is CCOC(=O)[C@@H]1CCCN(C(=O)Cc2ccncc2)C1. The molecular formula is C15H20N2O3. The van der Waals surface area contributed by atoms with Crippen LogP contribution >= 0.6 is 0 Å². The van der Waals surface area contributed by atoms with E-state index >= 15 is 0 Å². The minimum Gasteiger partial charge on any atom is -0.466 e. The normalized spacial score (nSPS) is 18.6. The average Bonchev–Trinajstić information content (AvgIpc) is 2.48. The van der Waals surface area contributed by atoms with Gasteiger partial charge in [0.05, 0.1) is 18.9 Å². The number of rotatable bonds is 4. The maximum Gasteiger partial charge on any atom is 0.310 e. The molecule has 1 saturated heterocycles. The first-order chi connectivity index (χ1) is 9.70. The van der Waals surface area contributed by atoms with Crippen molar-refractivity contribution in [1.82, 2.24) is 9.88 Å². The molecule has 1 amide bonds. The predicted molar refractivity (Wildman–Crippen MR) is 73.9 cm³/mol. The number of likely N-dealkylation sites (tertiary alicyclic amines) is 1. The summed E-state index contributed by atoms with van der Waals surface area (Å²) in [5.74, 6) is -0.302. The van der Waals surface area contributed by atoms with Crippen molar-refractivity contribution < 1.29 is 14.3 Å². The molecule has 5 heteroatoms. The van der Waals surface area contributed by atoms with Crippen molar-refractivity contribution in [2.24, 2.45) is 5.92 Å². The van der Waals surface area contributed by atoms with Crippen molar-refractivity contribution >= 4 is 11.9 Å². The molecule has 1 atom stereocenters. The van der Waals surface area contributed by atoms with Gasteiger partial charge in [0.2, 0.25) is 5.91 Å². The van der Waals surface area contributed by atoms with E-state index in [9.17, 15) is 9.59 Å². The number of hydrogen-bond acceptors (Lipinski definition) is 4. The molecule has 5 nitrogen and oxygen atoms in total. The number of esters is 1. The highest BCUT2D eigenvalue weighted by Gasteiger charge is 2.29. The molecule has 0 spiro atoms. The van der Waals surface area contributed by atoms with Gasteiger partial charge in [0.25, 0.3) is 0 Å². The monoisotopic (exact) mass is 276 g/mol. The first-order valence-electron chi connectivity index (χ1n) is 7.04. The van der Waals surface area contributed by atoms with Crippen LogP contribution in [0.25, 0.3) is 0 Å². The van der Waals surface area contributed by atoms with Crippen molar-refractivity contribution in [1.29, 1.82) is 0 Å². The molecule has 0 N–H and O–H groups in total. The van der Waals surface area contributed by atoms with E-state index in [0.29, 0.717) is 19.6 Å². The van der Waals surface area contributed by atoms with Crippen LogP contribution in [0, 0.1) is 5.92 Å². The third-order valence-corrected chi connectivity index (χ3v) is 3.50. The lowest BCUT2D eigenvalue weighted by atomic mass is 9.97. The summed E-state index contributed by atoms with van der Waals surface area (Å²) in [6.07, 6.45) is 5.38. The highest BCUT2D eigenvalue weighted by atomic mass is 16.5. The standard InChI is InChI=1S/C15H20N2O3/c1-2-20-15(19)13-4-3-9-17(11-13)14(18)10-12-5-7-16-8-6-12/h5-8,13H,2-4,9-11H2,1H3/t13-/m1/s1. The second-order valence-corrected chi connectivity index (χ2v) is 4.96. The summed E-state index contributed by atoms with van der Waals surface area (Å²) >= 11 is 0. The Bertz CT molecular complexity index is 461. The molecule has 0 aliphatic carbocycles. The van der Waals surface area contributed by atoms with Gasteiger partial charge in [-0.25, -0.2) is 0 Å². The number of hydrogen-bond donors (Lipinski definition) is 0. The van der Waals surface area contributed by atoms with Crippen LogP contribution in [-0.4, -0.2) is 41.5 Å². The van der Waals surface area contributed by atoms with Crippen LogP contribution in [-0.2, 0) is 20.7 Å². The Balaban J connectivity index is 1.91. The number of carbonyl (C=O) groups excluding carboxylic acids is 2. The van der Waals surface area contributed by atoms with Crippen LogP contribution < -0.4 is 0 Å². The zero-order chi connectivity index (χ0) is 14.4. The molecule has 1 aromatic rings. The van der Waals surface area contributed by atoms with Crippen molar-refractivity contribution in [3.8, 4) is 0 Å². The summed E-state index contributed by atoms with van der Waals surface area (Å²) in [5.41, 5.74) is 0.947. The second kappa shape index (κ2) is 7.03. The number of aromatic nitrogens is 1. The molecule has 0 radical (unpaired) electrons. The molecule has 2 rings (SSSR count). The largest absolute Gasteiger partial charge is 0.466 e. The van der Waals surface area contributed by atoms with Crippen LogP contribution in [0.2, 0.25) is 0 Å². The van der Waals surface area contributed by atoms with Crippen LogP contribution in [0.3, 0.4) is 0 Å². The minimum absolute atomic E-state index is 0.0604. The lowest BCUT2D eigenvalue weighted by molar-refractivity contribution is -0.151. The van der Waals surface area contributed by atoms with Crippen LogP contribution in [0.1, 0.15) is 25.3 Å². The Hall–Kier alpha value is -1.91. The van der Waals surface area contributed by atoms with E-state index < -0.39 is 0 Å². The fourth-order valence-electron chi connectivity index (χ4n) is 2.44. The summed E-state index contributed by atoms with van der Waals surface area (Å²) in [6, 6.07) is 3.68. The van der Waals surface area contributed by atoms with Gasteiger partial charge >= 0.3 is 5.97 Å². The summed E-state index contributed by atoms with van der Waals surface area (Å²) < 4.78 is 5.04. The van der Waals surface area contributed by atoms with E-state index in [2.05, 4.69) is 4.98 Å². The maximum absolute atomic E-state index is 12.2. The highest BCUT2D eigenvalue weighted by molar-refractivity contribution is 5.80. The third-order valence-electron chi connectivity index (χ3n) is 3.50. The van der Waals surface area contributed by atoms with E-state index in [1.807, 2.05) is 12.1 Å². The summed E-state index contributed by atoms with van der Waals surface area (Å²) in [4.78, 5) is 29.7. The van der Waals surface area contributed by atoms with Gasteiger partial charge in [-0.1, -0.05) is 0 Å². The topological polar surface area (TPSA) is 59.5 Å². The summed E-state index contributed by atoms with van der Waals surface area (Å²) in [6.45, 7) is 3.38. The number of carbonyl (C=O) groups is 2. The molecule has 1 aliphatic heterocycles. The van der Waals surface area contributed by atoms with Crippen LogP contribution in [0.15, 0.2) is 24.5 Å². The van der Waals surface area contributed by atoms with Gasteiger partial charge in [-0.15, -0.1) is 0 Å². The molecule has 2 heterocycles. The average molecular weight is 276 g/mol. The van der Waals surface area contributed by atoms with Gasteiger partial charge in [-0.2, -0.15) is 0 Å². The first kappa shape index (κ1) is 14.5. The number of piperidine rings is 1. The number of pyridine rings is 1. The predicted octanol–water partition coefficient (Wildman–Crippen LogP) is 1.43. The van der Waals surface area contributed by atoms with E-state index in [1.165, 1.54) is 0 Å². The Morgan fingerprint density at radius 2 is 2.15 bits per heavy atom. The molecule has 0 unspecified atom stereocenters. The van der Waals surface area contributed by atoms with Gasteiger partial charge in [0.1, 0.15) is 0 Å². The molecular weight excluding hydrogens is 256 g/mol. The molecule has 0 saturated carbocycles. The third kappa shape index (κ3) is 3.79. The van der Waals surface area contributed by atoms with Crippen molar-refractivity contribution in [2.75, 3.05) is 19.7 Å². The molecule has 20 heavy (non-hydrogen) atoms. The molecule has 0 aromatic carbocycles. The fourth-order valence-corrected chi connectivity index (χ4v) is 2.44. The fraction of sp³-hybridized carbons (Fsp3) is 0.533. The Labute approximate surface area is 118 Å². The smallest absolute Gasteiger partial charge is 0.310 e. The zero-order valence-corrected chi connectivity index (χ0v) is 11.7. The van der Waals surface area contributed by atoms with E-state index in [1.54, 1.807) is 24.2 Å². The first-order valence-corrected chi connectivity index (χ1v) is 7.04. The second-order valence-electron chi connectivity index (χ2n) is 4.96. The zero-order valence-electron chi connectivity index (χ0n) is 11.7. The number of ether oxygens (including phenoxy) is 1. The van der Waals surface area contributed by atoms with Gasteiger partial charge in [-0.3, -0.25) is 14.6 Å². The number of nitrogens with zero attached hydrogens (tertiary/aromatic N) is 2. The molecule has 1 aliphatic rings. The van der Waals surface area contributed by atoms with Crippen molar-refractivity contribution in [3.63, 3.8) is 0 Å². The molecule has 0 bridgehead atoms. The summed E-state index contributed by atoms with van der Waals surface area (Å²) in [7, 11) is 0. The highest BCUT2D eigenvalue weighted by Crippen LogP contribution is 2.18. The van der Waals surface area contributed by atoms with E-state index in [-0.39, 0.29) is 17.8 Å². The van der Waals surface area contributed by atoms with Gasteiger partial charge < -0.3 is 9.64 Å². The van der Waals surface area contributed by atoms with Crippen LogP contribution in [0.5, 0.6) is 0 Å². The van der Waals surface area contributed by atoms with Gasteiger partial charge in [0, 0.05) is 25.5 Å². The maximum atomic E-state index is 12.2. The lowest BCUT2D eigenvalue weighted by Crippen LogP contribution is -2.43. The Morgan fingerprint density at radius 3 is 2.85 bits per heavy atom. The van der Waals surface area contributed by atoms with Gasteiger partial charge in [0.15, 0.2) is 0 Å². The van der Waals surface area contributed by atoms with Gasteiger partial charge in [-0.05, 0) is 37.5 Å². The molecule has 108 valence electrons. The minimum atomic E-state index is -0.186. The Kier molecular flexibility index (Phi) is 5.09. The summed E-state index contributed by atoms with van der Waals surface area (Å²) in [5, 5.41) is 0. The number of amides is 1. The quantitative estimate of drug-likeness (QED) is 0.780. The van der Waals surface area contributed by atoms with E-state index in [4.69, 9.17) is 4.74 Å². The van der Waals surface area contributed by atoms with Crippen molar-refractivity contribution in [3.05, 3.63) is 30.1 Å². The van der Waals surface area contributed by atoms with E-state index in [0.717, 1.165) is 24.9 Å². The molecule has 1 aromatic heterocycles. The molecule has 1 fully saturated rings. The van der Waals surface area contributed by atoms with Crippen LogP contribution in [0.4, 0.5) is 0 Å².